The van der Waals surface area contributed by atoms with Crippen molar-refractivity contribution >= 4 is 0 Å². The van der Waals surface area contributed by atoms with Crippen molar-refractivity contribution in [2.45, 2.75) is 70.4 Å². The molecular weight excluding hydrogens is 220 g/mol. The maximum Gasteiger partial charge on any atom is 0.0223 e. The first-order valence-electron chi connectivity index (χ1n) is 8.34. The lowest BCUT2D eigenvalue weighted by molar-refractivity contribution is 0.195. The minimum absolute atomic E-state index is 0.775. The highest BCUT2D eigenvalue weighted by molar-refractivity contribution is 4.92. The molecule has 0 aromatic carbocycles. The molecule has 0 aliphatic heterocycles. The number of hydrogen-bond acceptors (Lipinski definition) is 2. The van der Waals surface area contributed by atoms with E-state index in [2.05, 4.69) is 17.1 Å². The molecule has 1 atom stereocenters. The van der Waals surface area contributed by atoms with Gasteiger partial charge in [-0.25, -0.2) is 0 Å². The Bertz CT molecular complexity index is 252. The summed E-state index contributed by atoms with van der Waals surface area (Å²) in [6.45, 7) is 6.15. The average molecular weight is 250 g/mol. The molecule has 0 heterocycles. The number of likely N-dealkylation sites (N-methyl/N-ethyl adjacent to an activating group) is 1. The van der Waals surface area contributed by atoms with Crippen LogP contribution in [0.5, 0.6) is 0 Å². The fraction of sp³-hybridized carbons (Fsp3) is 1.00. The van der Waals surface area contributed by atoms with Gasteiger partial charge < -0.3 is 5.32 Å². The average Bonchev–Trinajstić information content (AvgIpc) is 3.28. The predicted octanol–water partition coefficient (Wildman–Crippen LogP) is 3.03. The first kappa shape index (κ1) is 12.9. The van der Waals surface area contributed by atoms with Gasteiger partial charge in [0.25, 0.3) is 0 Å². The normalized spacial score (nSPS) is 27.0. The van der Waals surface area contributed by atoms with Crippen LogP contribution in [0.15, 0.2) is 0 Å². The van der Waals surface area contributed by atoms with Crippen molar-refractivity contribution in [3.05, 3.63) is 0 Å². The Labute approximate surface area is 113 Å². The van der Waals surface area contributed by atoms with Gasteiger partial charge in [-0.1, -0.05) is 19.8 Å². The molecule has 2 heteroatoms. The van der Waals surface area contributed by atoms with E-state index in [-0.39, 0.29) is 0 Å². The first-order chi connectivity index (χ1) is 8.86. The van der Waals surface area contributed by atoms with Gasteiger partial charge in [-0.05, 0) is 56.9 Å². The van der Waals surface area contributed by atoms with Crippen molar-refractivity contribution in [2.24, 2.45) is 11.8 Å². The van der Waals surface area contributed by atoms with Crippen molar-refractivity contribution in [3.8, 4) is 0 Å². The monoisotopic (exact) mass is 250 g/mol. The molecule has 2 nitrogen and oxygen atoms in total. The molecule has 0 aromatic heterocycles. The van der Waals surface area contributed by atoms with Crippen LogP contribution < -0.4 is 5.32 Å². The Morgan fingerprint density at radius 3 is 2.33 bits per heavy atom. The SMILES string of the molecule is CCNC(CN(CC1CC1)C1CC1)C1CCCC1. The summed E-state index contributed by atoms with van der Waals surface area (Å²) < 4.78 is 0. The minimum atomic E-state index is 0.775. The number of nitrogens with one attached hydrogen (secondary N) is 1. The Hall–Kier alpha value is -0.0800. The standard InChI is InChI=1S/C16H30N2/c1-2-17-16(14-5-3-4-6-14)12-18(15-9-10-15)11-13-7-8-13/h13-17H,2-12H2,1H3. The van der Waals surface area contributed by atoms with Crippen molar-refractivity contribution < 1.29 is 0 Å². The largest absolute Gasteiger partial charge is 0.313 e. The molecule has 0 spiro atoms. The van der Waals surface area contributed by atoms with Crippen LogP contribution in [0.25, 0.3) is 0 Å². The van der Waals surface area contributed by atoms with E-state index in [0.29, 0.717) is 0 Å². The van der Waals surface area contributed by atoms with Gasteiger partial charge in [-0.15, -0.1) is 0 Å². The van der Waals surface area contributed by atoms with E-state index in [1.807, 2.05) is 0 Å². The van der Waals surface area contributed by atoms with E-state index in [1.54, 1.807) is 0 Å². The quantitative estimate of drug-likeness (QED) is 0.712. The fourth-order valence-electron chi connectivity index (χ4n) is 3.70. The number of rotatable bonds is 8. The number of hydrogen-bond donors (Lipinski definition) is 1. The molecule has 0 amide bonds. The van der Waals surface area contributed by atoms with Gasteiger partial charge in [0.05, 0.1) is 0 Å². The van der Waals surface area contributed by atoms with E-state index < -0.39 is 0 Å². The van der Waals surface area contributed by atoms with Crippen LogP contribution in [-0.4, -0.2) is 36.6 Å². The molecule has 0 saturated heterocycles. The molecule has 3 aliphatic carbocycles. The van der Waals surface area contributed by atoms with E-state index in [4.69, 9.17) is 0 Å². The molecule has 3 aliphatic rings. The van der Waals surface area contributed by atoms with Gasteiger partial charge in [-0.3, -0.25) is 4.90 Å². The van der Waals surface area contributed by atoms with Crippen LogP contribution in [0.2, 0.25) is 0 Å². The Balaban J connectivity index is 1.54. The number of nitrogens with zero attached hydrogens (tertiary/aromatic N) is 1. The summed E-state index contributed by atoms with van der Waals surface area (Å²) in [6, 6.07) is 1.73. The zero-order valence-corrected chi connectivity index (χ0v) is 12.0. The molecule has 3 fully saturated rings. The minimum Gasteiger partial charge on any atom is -0.313 e. The van der Waals surface area contributed by atoms with Gasteiger partial charge >= 0.3 is 0 Å². The Kier molecular flexibility index (Phi) is 4.25. The van der Waals surface area contributed by atoms with Crippen LogP contribution in [-0.2, 0) is 0 Å². The summed E-state index contributed by atoms with van der Waals surface area (Å²) in [5.41, 5.74) is 0. The van der Waals surface area contributed by atoms with E-state index in [1.165, 1.54) is 64.5 Å². The third-order valence-corrected chi connectivity index (χ3v) is 5.12. The molecule has 3 rings (SSSR count). The summed E-state index contributed by atoms with van der Waals surface area (Å²) in [5, 5.41) is 3.79. The van der Waals surface area contributed by atoms with Gasteiger partial charge in [0, 0.05) is 25.2 Å². The van der Waals surface area contributed by atoms with Crippen LogP contribution in [0, 0.1) is 11.8 Å². The van der Waals surface area contributed by atoms with Crippen molar-refractivity contribution in [2.75, 3.05) is 19.6 Å². The van der Waals surface area contributed by atoms with Gasteiger partial charge in [-0.2, -0.15) is 0 Å². The highest BCUT2D eigenvalue weighted by Gasteiger charge is 2.36. The zero-order valence-electron chi connectivity index (χ0n) is 12.0. The first-order valence-corrected chi connectivity index (χ1v) is 8.34. The van der Waals surface area contributed by atoms with Crippen molar-refractivity contribution in [1.82, 2.24) is 10.2 Å². The van der Waals surface area contributed by atoms with Gasteiger partial charge in [0.15, 0.2) is 0 Å². The summed E-state index contributed by atoms with van der Waals surface area (Å²) in [7, 11) is 0. The summed E-state index contributed by atoms with van der Waals surface area (Å²) >= 11 is 0. The smallest absolute Gasteiger partial charge is 0.0223 e. The summed E-state index contributed by atoms with van der Waals surface area (Å²) in [5.74, 6) is 2.02. The van der Waals surface area contributed by atoms with E-state index in [9.17, 15) is 0 Å². The zero-order chi connectivity index (χ0) is 12.4. The predicted molar refractivity (Wildman–Crippen MR) is 76.7 cm³/mol. The molecule has 18 heavy (non-hydrogen) atoms. The highest BCUT2D eigenvalue weighted by Crippen LogP contribution is 2.36. The highest BCUT2D eigenvalue weighted by atomic mass is 15.2. The second-order valence-corrected chi connectivity index (χ2v) is 6.84. The van der Waals surface area contributed by atoms with E-state index >= 15 is 0 Å². The summed E-state index contributed by atoms with van der Waals surface area (Å²) in [6.07, 6.45) is 11.8. The van der Waals surface area contributed by atoms with Crippen LogP contribution in [0.4, 0.5) is 0 Å². The maximum absolute atomic E-state index is 3.79. The Morgan fingerprint density at radius 1 is 1.06 bits per heavy atom. The molecule has 1 unspecified atom stereocenters. The summed E-state index contributed by atoms with van der Waals surface area (Å²) in [4.78, 5) is 2.84. The molecule has 104 valence electrons. The van der Waals surface area contributed by atoms with Crippen LogP contribution in [0.1, 0.15) is 58.3 Å². The van der Waals surface area contributed by atoms with Crippen molar-refractivity contribution in [1.29, 1.82) is 0 Å². The second kappa shape index (κ2) is 5.92. The fourth-order valence-corrected chi connectivity index (χ4v) is 3.70. The molecule has 0 bridgehead atoms. The van der Waals surface area contributed by atoms with Crippen LogP contribution in [0.3, 0.4) is 0 Å². The third-order valence-electron chi connectivity index (χ3n) is 5.12. The topological polar surface area (TPSA) is 15.3 Å². The lowest BCUT2D eigenvalue weighted by Gasteiger charge is -2.31. The molecule has 0 aromatic rings. The van der Waals surface area contributed by atoms with Gasteiger partial charge in [0.1, 0.15) is 0 Å². The molecular formula is C16H30N2. The molecule has 0 radical (unpaired) electrons. The molecule has 3 saturated carbocycles. The lowest BCUT2D eigenvalue weighted by atomic mass is 9.97. The lowest BCUT2D eigenvalue weighted by Crippen LogP contribution is -2.46. The van der Waals surface area contributed by atoms with Crippen molar-refractivity contribution in [3.63, 3.8) is 0 Å². The van der Waals surface area contributed by atoms with Gasteiger partial charge in [0.2, 0.25) is 0 Å². The Morgan fingerprint density at radius 2 is 1.78 bits per heavy atom. The second-order valence-electron chi connectivity index (χ2n) is 6.84. The molecule has 1 N–H and O–H groups in total. The van der Waals surface area contributed by atoms with Crippen LogP contribution >= 0.6 is 0 Å². The van der Waals surface area contributed by atoms with E-state index in [0.717, 1.165) is 30.5 Å². The maximum atomic E-state index is 3.79. The third kappa shape index (κ3) is 3.48.